The van der Waals surface area contributed by atoms with Gasteiger partial charge in [-0.15, -0.1) is 10.2 Å². The van der Waals surface area contributed by atoms with Crippen molar-refractivity contribution in [3.63, 3.8) is 0 Å². The summed E-state index contributed by atoms with van der Waals surface area (Å²) in [5.41, 5.74) is 5.75. The molecule has 5 rings (SSSR count). The molecule has 0 unspecified atom stereocenters. The maximum Gasteiger partial charge on any atom is 0.247 e. The van der Waals surface area contributed by atoms with Crippen molar-refractivity contribution in [2.24, 2.45) is 0 Å². The highest BCUT2D eigenvalue weighted by atomic mass is 19.1. The fourth-order valence-corrected chi connectivity index (χ4v) is 4.50. The number of nitrogens with zero attached hydrogens (tertiary/aromatic N) is 4. The van der Waals surface area contributed by atoms with Crippen molar-refractivity contribution in [3.8, 4) is 11.5 Å². The Morgan fingerprint density at radius 1 is 0.818 bits per heavy atom. The third kappa shape index (κ3) is 4.39. The molecule has 0 amide bonds. The summed E-state index contributed by atoms with van der Waals surface area (Å²) < 4.78 is 19.8. The average molecular weight is 443 g/mol. The van der Waals surface area contributed by atoms with Gasteiger partial charge < -0.3 is 9.32 Å². The topological polar surface area (TPSA) is 45.4 Å². The minimum Gasteiger partial charge on any atom is -0.419 e. The lowest BCUT2D eigenvalue weighted by Crippen LogP contribution is -2.48. The van der Waals surface area contributed by atoms with Crippen molar-refractivity contribution < 1.29 is 8.81 Å². The molecule has 0 bridgehead atoms. The van der Waals surface area contributed by atoms with Gasteiger partial charge in [-0.25, -0.2) is 4.39 Å². The molecule has 1 atom stereocenters. The van der Waals surface area contributed by atoms with Gasteiger partial charge in [0.1, 0.15) is 11.9 Å². The summed E-state index contributed by atoms with van der Waals surface area (Å²) in [6.45, 7) is 7.78. The molecule has 3 aromatic carbocycles. The van der Waals surface area contributed by atoms with Crippen LogP contribution in [-0.4, -0.2) is 41.3 Å². The van der Waals surface area contributed by atoms with E-state index < -0.39 is 0 Å². The first-order valence-electron chi connectivity index (χ1n) is 11.3. The van der Waals surface area contributed by atoms with Crippen LogP contribution >= 0.6 is 0 Å². The molecule has 1 fully saturated rings. The van der Waals surface area contributed by atoms with Gasteiger partial charge in [-0.05, 0) is 60.9 Å². The zero-order valence-corrected chi connectivity index (χ0v) is 18.9. The lowest BCUT2D eigenvalue weighted by molar-refractivity contribution is 0.188. The number of aromatic nitrogens is 2. The zero-order chi connectivity index (χ0) is 22.8. The molecular weight excluding hydrogens is 415 g/mol. The monoisotopic (exact) mass is 442 g/mol. The predicted octanol–water partition coefficient (Wildman–Crippen LogP) is 5.40. The number of halogens is 1. The van der Waals surface area contributed by atoms with Crippen molar-refractivity contribution in [2.75, 3.05) is 31.1 Å². The van der Waals surface area contributed by atoms with Gasteiger partial charge in [-0.3, -0.25) is 4.90 Å². The van der Waals surface area contributed by atoms with Crippen LogP contribution in [-0.2, 0) is 0 Å². The molecule has 5 nitrogen and oxygen atoms in total. The Labute approximate surface area is 193 Å². The van der Waals surface area contributed by atoms with Crippen LogP contribution in [0.4, 0.5) is 10.1 Å². The maximum absolute atomic E-state index is 13.7. The van der Waals surface area contributed by atoms with Crippen LogP contribution in [0.15, 0.2) is 77.2 Å². The second kappa shape index (κ2) is 9.16. The molecule has 1 saturated heterocycles. The van der Waals surface area contributed by atoms with Gasteiger partial charge in [0.05, 0.1) is 0 Å². The molecule has 2 heterocycles. The molecule has 168 valence electrons. The van der Waals surface area contributed by atoms with Crippen molar-refractivity contribution in [1.82, 2.24) is 15.1 Å². The molecule has 1 aliphatic rings. The molecule has 0 saturated carbocycles. The lowest BCUT2D eigenvalue weighted by atomic mass is 10.0. The van der Waals surface area contributed by atoms with Gasteiger partial charge in [-0.2, -0.15) is 0 Å². The van der Waals surface area contributed by atoms with E-state index in [-0.39, 0.29) is 11.9 Å². The van der Waals surface area contributed by atoms with Crippen LogP contribution in [0, 0.1) is 19.7 Å². The Bertz CT molecular complexity index is 1210. The second-order valence-electron chi connectivity index (χ2n) is 8.51. The van der Waals surface area contributed by atoms with E-state index in [1.807, 2.05) is 42.5 Å². The van der Waals surface area contributed by atoms with E-state index >= 15 is 0 Å². The summed E-state index contributed by atoms with van der Waals surface area (Å²) >= 11 is 0. The number of aryl methyl sites for hydroxylation is 1. The largest absolute Gasteiger partial charge is 0.419 e. The Morgan fingerprint density at radius 2 is 1.55 bits per heavy atom. The van der Waals surface area contributed by atoms with Gasteiger partial charge in [0.2, 0.25) is 11.8 Å². The minimum atomic E-state index is -0.257. The second-order valence-corrected chi connectivity index (χ2v) is 8.51. The first kappa shape index (κ1) is 21.3. The van der Waals surface area contributed by atoms with E-state index in [1.165, 1.54) is 28.9 Å². The van der Waals surface area contributed by atoms with E-state index in [0.717, 1.165) is 37.3 Å². The van der Waals surface area contributed by atoms with Crippen LogP contribution in [0.5, 0.6) is 0 Å². The Morgan fingerprint density at radius 3 is 2.27 bits per heavy atom. The molecule has 0 spiro atoms. The number of benzene rings is 3. The number of hydrogen-bond acceptors (Lipinski definition) is 5. The Kier molecular flexibility index (Phi) is 5.92. The third-order valence-electron chi connectivity index (χ3n) is 6.48. The Balaban J connectivity index is 1.42. The van der Waals surface area contributed by atoms with Crippen LogP contribution in [0.3, 0.4) is 0 Å². The first-order valence-corrected chi connectivity index (χ1v) is 11.3. The average Bonchev–Trinajstić information content (AvgIpc) is 3.33. The van der Waals surface area contributed by atoms with Crippen LogP contribution in [0.1, 0.15) is 28.6 Å². The zero-order valence-electron chi connectivity index (χ0n) is 18.9. The predicted molar refractivity (Wildman–Crippen MR) is 128 cm³/mol. The van der Waals surface area contributed by atoms with Crippen molar-refractivity contribution in [1.29, 1.82) is 0 Å². The molecule has 1 aromatic heterocycles. The number of anilines is 1. The number of rotatable bonds is 5. The fraction of sp³-hybridized carbons (Fsp3) is 0.259. The van der Waals surface area contributed by atoms with Gasteiger partial charge in [0, 0.05) is 37.4 Å². The summed E-state index contributed by atoms with van der Waals surface area (Å²) in [5, 5.41) is 8.71. The van der Waals surface area contributed by atoms with Gasteiger partial charge in [0.25, 0.3) is 0 Å². The molecule has 0 radical (unpaired) electrons. The van der Waals surface area contributed by atoms with Crippen molar-refractivity contribution in [2.45, 2.75) is 19.9 Å². The molecular formula is C27H27FN4O. The summed E-state index contributed by atoms with van der Waals surface area (Å²) in [7, 11) is 0. The molecule has 0 N–H and O–H groups in total. The summed E-state index contributed by atoms with van der Waals surface area (Å²) in [6.07, 6.45) is 0. The van der Waals surface area contributed by atoms with Gasteiger partial charge >= 0.3 is 0 Å². The van der Waals surface area contributed by atoms with Crippen LogP contribution in [0.2, 0.25) is 0 Å². The van der Waals surface area contributed by atoms with Gasteiger partial charge in [0.15, 0.2) is 0 Å². The van der Waals surface area contributed by atoms with E-state index in [2.05, 4.69) is 52.0 Å². The van der Waals surface area contributed by atoms with E-state index in [0.29, 0.717) is 11.8 Å². The standard InChI is InChI=1S/C27H27FN4O/c1-19-7-6-10-24(20(19)2)31-15-17-32(18-16-31)25(21-11-13-23(28)14-12-21)27-30-29-26(33-27)22-8-4-3-5-9-22/h3-14,25H,15-18H2,1-2H3/t25-/m0/s1. The summed E-state index contributed by atoms with van der Waals surface area (Å²) in [4.78, 5) is 4.78. The molecule has 1 aliphatic heterocycles. The molecule has 33 heavy (non-hydrogen) atoms. The molecule has 6 heteroatoms. The van der Waals surface area contributed by atoms with E-state index in [9.17, 15) is 4.39 Å². The fourth-order valence-electron chi connectivity index (χ4n) is 4.50. The van der Waals surface area contributed by atoms with E-state index in [4.69, 9.17) is 4.42 Å². The third-order valence-corrected chi connectivity index (χ3v) is 6.48. The number of piperazine rings is 1. The normalized spacial score (nSPS) is 15.5. The molecule has 4 aromatic rings. The molecule has 0 aliphatic carbocycles. The highest BCUT2D eigenvalue weighted by molar-refractivity contribution is 5.56. The Hall–Kier alpha value is -3.51. The first-order chi connectivity index (χ1) is 16.1. The highest BCUT2D eigenvalue weighted by Gasteiger charge is 2.31. The SMILES string of the molecule is Cc1cccc(N2CCN([C@@H](c3ccc(F)cc3)c3nnc(-c4ccccc4)o3)CC2)c1C. The lowest BCUT2D eigenvalue weighted by Gasteiger charge is -2.39. The number of hydrogen-bond donors (Lipinski definition) is 0. The summed E-state index contributed by atoms with van der Waals surface area (Å²) in [6, 6.07) is 22.6. The van der Waals surface area contributed by atoms with Crippen LogP contribution in [0.25, 0.3) is 11.5 Å². The van der Waals surface area contributed by atoms with Crippen LogP contribution < -0.4 is 4.90 Å². The van der Waals surface area contributed by atoms with E-state index in [1.54, 1.807) is 0 Å². The minimum absolute atomic E-state index is 0.226. The quantitative estimate of drug-likeness (QED) is 0.414. The smallest absolute Gasteiger partial charge is 0.247 e. The highest BCUT2D eigenvalue weighted by Crippen LogP contribution is 2.32. The summed E-state index contributed by atoms with van der Waals surface area (Å²) in [5.74, 6) is 0.764. The maximum atomic E-state index is 13.7. The van der Waals surface area contributed by atoms with Gasteiger partial charge in [-0.1, -0.05) is 42.5 Å². The van der Waals surface area contributed by atoms with Crippen molar-refractivity contribution >= 4 is 5.69 Å². The van der Waals surface area contributed by atoms with Crippen molar-refractivity contribution in [3.05, 3.63) is 101 Å².